The third-order valence-corrected chi connectivity index (χ3v) is 5.64. The number of hydrogen-bond acceptors (Lipinski definition) is 4. The monoisotopic (exact) mass is 320 g/mol. The molecule has 1 saturated heterocycles. The zero-order valence-electron chi connectivity index (χ0n) is 11.7. The number of imidazole rings is 1. The molecular formula is C12H21ClN4O2S. The number of nitrogens with zero attached hydrogens (tertiary/aromatic N) is 3. The third kappa shape index (κ3) is 2.59. The van der Waals surface area contributed by atoms with Crippen LogP contribution in [0.5, 0.6) is 0 Å². The summed E-state index contributed by atoms with van der Waals surface area (Å²) in [5, 5.41) is 3.71. The lowest BCUT2D eigenvalue weighted by Gasteiger charge is -2.35. The van der Waals surface area contributed by atoms with Crippen LogP contribution in [0.3, 0.4) is 0 Å². The van der Waals surface area contributed by atoms with E-state index in [2.05, 4.69) is 10.3 Å². The number of sulfonamides is 1. The van der Waals surface area contributed by atoms with E-state index in [-0.39, 0.29) is 24.5 Å². The highest BCUT2D eigenvalue weighted by molar-refractivity contribution is 7.89. The molecule has 114 valence electrons. The Morgan fingerprint density at radius 3 is 2.60 bits per heavy atom. The van der Waals surface area contributed by atoms with Gasteiger partial charge in [0.15, 0.2) is 5.03 Å². The summed E-state index contributed by atoms with van der Waals surface area (Å²) in [7, 11) is -3.42. The first-order valence-electron chi connectivity index (χ1n) is 6.79. The number of halogens is 1. The predicted octanol–water partition coefficient (Wildman–Crippen LogP) is 0.622. The van der Waals surface area contributed by atoms with Gasteiger partial charge in [-0.25, -0.2) is 13.4 Å². The smallest absolute Gasteiger partial charge is 0.260 e. The Morgan fingerprint density at radius 1 is 1.30 bits per heavy atom. The van der Waals surface area contributed by atoms with Gasteiger partial charge in [0.05, 0.1) is 6.20 Å². The van der Waals surface area contributed by atoms with E-state index in [1.807, 2.05) is 18.4 Å². The molecule has 20 heavy (non-hydrogen) atoms. The van der Waals surface area contributed by atoms with Crippen LogP contribution in [0.15, 0.2) is 11.2 Å². The van der Waals surface area contributed by atoms with E-state index in [9.17, 15) is 8.42 Å². The molecular weight excluding hydrogens is 300 g/mol. The van der Waals surface area contributed by atoms with Crippen LogP contribution in [0.4, 0.5) is 0 Å². The van der Waals surface area contributed by atoms with Gasteiger partial charge in [-0.1, -0.05) is 0 Å². The minimum absolute atomic E-state index is 0. The molecule has 3 rings (SSSR count). The van der Waals surface area contributed by atoms with Crippen molar-refractivity contribution in [3.63, 3.8) is 0 Å². The average molecular weight is 321 g/mol. The summed E-state index contributed by atoms with van der Waals surface area (Å²) in [4.78, 5) is 4.24. The minimum Gasteiger partial charge on any atom is -0.318 e. The van der Waals surface area contributed by atoms with Crippen LogP contribution in [0, 0.1) is 0 Å². The molecule has 1 aromatic heterocycles. The molecule has 0 saturated carbocycles. The zero-order valence-corrected chi connectivity index (χ0v) is 13.4. The highest BCUT2D eigenvalue weighted by Crippen LogP contribution is 2.24. The fourth-order valence-corrected chi connectivity index (χ4v) is 4.81. The first-order chi connectivity index (χ1) is 8.98. The molecule has 0 radical (unpaired) electrons. The second-order valence-electron chi connectivity index (χ2n) is 5.56. The Kier molecular flexibility index (Phi) is 4.44. The zero-order chi connectivity index (χ0) is 13.6. The van der Waals surface area contributed by atoms with Gasteiger partial charge < -0.3 is 9.88 Å². The Bertz CT molecular complexity index is 576. The fraction of sp³-hybridized carbons (Fsp3) is 0.750. The summed E-state index contributed by atoms with van der Waals surface area (Å²) in [5.74, 6) is 0.898. The molecule has 2 unspecified atom stereocenters. The quantitative estimate of drug-likeness (QED) is 0.867. The van der Waals surface area contributed by atoms with Crippen LogP contribution in [-0.2, 0) is 23.0 Å². The number of fused-ring (bicyclic) bond motifs is 1. The maximum absolute atomic E-state index is 12.7. The molecule has 8 heteroatoms. The maximum Gasteiger partial charge on any atom is 0.260 e. The summed E-state index contributed by atoms with van der Waals surface area (Å²) < 4.78 is 28.9. The summed E-state index contributed by atoms with van der Waals surface area (Å²) >= 11 is 0. The molecule has 0 amide bonds. The van der Waals surface area contributed by atoms with E-state index in [0.717, 1.165) is 25.2 Å². The lowest BCUT2D eigenvalue weighted by Crippen LogP contribution is -2.55. The number of piperazine rings is 1. The Labute approximate surface area is 126 Å². The van der Waals surface area contributed by atoms with E-state index >= 15 is 0 Å². The largest absolute Gasteiger partial charge is 0.318 e. The summed E-state index contributed by atoms with van der Waals surface area (Å²) in [6, 6.07) is 0.360. The number of nitrogens with one attached hydrogen (secondary N) is 1. The van der Waals surface area contributed by atoms with Crippen LogP contribution >= 0.6 is 12.4 Å². The van der Waals surface area contributed by atoms with Crippen molar-refractivity contribution in [3.8, 4) is 0 Å². The van der Waals surface area contributed by atoms with Crippen molar-refractivity contribution < 1.29 is 8.42 Å². The van der Waals surface area contributed by atoms with E-state index in [1.165, 1.54) is 6.20 Å². The number of rotatable bonds is 2. The van der Waals surface area contributed by atoms with Gasteiger partial charge >= 0.3 is 0 Å². The molecule has 0 aliphatic carbocycles. The number of aromatic nitrogens is 2. The van der Waals surface area contributed by atoms with Gasteiger partial charge in [-0.05, 0) is 20.3 Å². The van der Waals surface area contributed by atoms with E-state index in [1.54, 1.807) is 4.31 Å². The van der Waals surface area contributed by atoms with Crippen molar-refractivity contribution in [2.24, 2.45) is 0 Å². The minimum atomic E-state index is -3.42. The maximum atomic E-state index is 12.7. The van der Waals surface area contributed by atoms with Gasteiger partial charge in [0.25, 0.3) is 10.0 Å². The number of aryl methyl sites for hydroxylation is 1. The molecule has 0 spiro atoms. The van der Waals surface area contributed by atoms with Gasteiger partial charge in [-0.3, -0.25) is 0 Å². The molecule has 2 aliphatic heterocycles. The molecule has 1 N–H and O–H groups in total. The van der Waals surface area contributed by atoms with Crippen LogP contribution < -0.4 is 5.32 Å². The molecule has 1 aromatic rings. The van der Waals surface area contributed by atoms with Gasteiger partial charge in [0.1, 0.15) is 5.82 Å². The third-order valence-electron chi connectivity index (χ3n) is 3.81. The van der Waals surface area contributed by atoms with Crippen LogP contribution in [0.25, 0.3) is 0 Å². The molecule has 3 heterocycles. The fourth-order valence-electron chi connectivity index (χ4n) is 3.04. The molecule has 2 atom stereocenters. The van der Waals surface area contributed by atoms with Gasteiger partial charge in [0, 0.05) is 38.1 Å². The van der Waals surface area contributed by atoms with Crippen LogP contribution in [0.2, 0.25) is 0 Å². The number of hydrogen-bond donors (Lipinski definition) is 1. The van der Waals surface area contributed by atoms with Crippen molar-refractivity contribution in [1.29, 1.82) is 0 Å². The SMILES string of the molecule is CC1CN(S(=O)(=O)c2cnc3n2CCC3)CC(C)N1.Cl. The first-order valence-corrected chi connectivity index (χ1v) is 8.23. The van der Waals surface area contributed by atoms with Crippen LogP contribution in [-0.4, -0.2) is 47.4 Å². The highest BCUT2D eigenvalue weighted by atomic mass is 35.5. The Hall–Kier alpha value is -0.630. The second kappa shape index (κ2) is 5.63. The van der Waals surface area contributed by atoms with Crippen molar-refractivity contribution in [3.05, 3.63) is 12.0 Å². The van der Waals surface area contributed by atoms with E-state index in [0.29, 0.717) is 18.1 Å². The second-order valence-corrected chi connectivity index (χ2v) is 7.44. The van der Waals surface area contributed by atoms with Gasteiger partial charge in [0.2, 0.25) is 0 Å². The lowest BCUT2D eigenvalue weighted by molar-refractivity contribution is 0.261. The summed E-state index contributed by atoms with van der Waals surface area (Å²) in [5.41, 5.74) is 0. The Balaban J connectivity index is 0.00000147. The molecule has 2 aliphatic rings. The molecule has 1 fully saturated rings. The van der Waals surface area contributed by atoms with E-state index in [4.69, 9.17) is 0 Å². The first kappa shape index (κ1) is 15.8. The Morgan fingerprint density at radius 2 is 1.95 bits per heavy atom. The van der Waals surface area contributed by atoms with Crippen LogP contribution in [0.1, 0.15) is 26.1 Å². The molecule has 6 nitrogen and oxygen atoms in total. The topological polar surface area (TPSA) is 67.2 Å². The standard InChI is InChI=1S/C12H20N4O2S.ClH/c1-9-7-15(8-10(2)14-9)19(17,18)12-6-13-11-4-3-5-16(11)12;/h6,9-10,14H,3-5,7-8H2,1-2H3;1H. The normalized spacial score (nSPS) is 27.1. The summed E-state index contributed by atoms with van der Waals surface area (Å²) in [6.07, 6.45) is 3.38. The average Bonchev–Trinajstić information content (AvgIpc) is 2.88. The van der Waals surface area contributed by atoms with Gasteiger partial charge in [-0.2, -0.15) is 4.31 Å². The van der Waals surface area contributed by atoms with E-state index < -0.39 is 10.0 Å². The highest BCUT2D eigenvalue weighted by Gasteiger charge is 2.34. The van der Waals surface area contributed by atoms with Crippen molar-refractivity contribution in [2.75, 3.05) is 13.1 Å². The molecule has 0 aromatic carbocycles. The molecule has 0 bridgehead atoms. The predicted molar refractivity (Wildman–Crippen MR) is 78.6 cm³/mol. The lowest BCUT2D eigenvalue weighted by atomic mass is 10.2. The van der Waals surface area contributed by atoms with Gasteiger partial charge in [-0.15, -0.1) is 12.4 Å². The van der Waals surface area contributed by atoms with Crippen molar-refractivity contribution in [1.82, 2.24) is 19.2 Å². The van der Waals surface area contributed by atoms with Crippen molar-refractivity contribution in [2.45, 2.75) is 50.3 Å². The summed E-state index contributed by atoms with van der Waals surface area (Å²) in [6.45, 7) is 5.83. The van der Waals surface area contributed by atoms with Crippen molar-refractivity contribution >= 4 is 22.4 Å².